The van der Waals surface area contributed by atoms with Crippen molar-refractivity contribution in [3.05, 3.63) is 30.3 Å². The van der Waals surface area contributed by atoms with Gasteiger partial charge in [-0.05, 0) is 6.92 Å². The number of rotatable bonds is 6. The Balaban J connectivity index is 5.56. The highest BCUT2D eigenvalue weighted by atomic mass is 17.0. The maximum atomic E-state index is 11.0. The summed E-state index contributed by atoms with van der Waals surface area (Å²) in [5.74, 6) is 0. The molecule has 10 nitrogen and oxygen atoms in total. The highest BCUT2D eigenvalue weighted by molar-refractivity contribution is 4.91. The first-order valence-electron chi connectivity index (χ1n) is 4.99. The summed E-state index contributed by atoms with van der Waals surface area (Å²) in [5, 5.41) is 30.7. The van der Waals surface area contributed by atoms with Crippen LogP contribution in [0.2, 0.25) is 0 Å². The third kappa shape index (κ3) is 4.11. The molecule has 0 radical (unpaired) electrons. The van der Waals surface area contributed by atoms with Gasteiger partial charge in [0.2, 0.25) is 12.1 Å². The highest BCUT2D eigenvalue weighted by Crippen LogP contribution is 2.33. The molecule has 0 spiro atoms. The molecule has 0 aliphatic heterocycles. The number of hydrogen-bond donors (Lipinski definition) is 0. The van der Waals surface area contributed by atoms with Crippen LogP contribution in [0.5, 0.6) is 0 Å². The quantitative estimate of drug-likeness (QED) is 0.513. The van der Waals surface area contributed by atoms with E-state index >= 15 is 0 Å². The third-order valence-corrected chi connectivity index (χ3v) is 2.34. The van der Waals surface area contributed by atoms with Gasteiger partial charge >= 0.3 is 0 Å². The molecule has 2 unspecified atom stereocenters. The smallest absolute Gasteiger partial charge is 0.293 e. The normalized spacial score (nSPS) is 16.4. The first-order chi connectivity index (χ1) is 7.90. The average molecular weight is 265 g/mol. The van der Waals surface area contributed by atoms with Crippen molar-refractivity contribution in [2.45, 2.75) is 39.3 Å². The number of hydrogen-bond acceptors (Lipinski definition) is 7. The van der Waals surface area contributed by atoms with Gasteiger partial charge in [-0.15, -0.1) is 10.1 Å². The lowest BCUT2D eigenvalue weighted by molar-refractivity contribution is -0.801. The molecule has 0 heterocycles. The van der Waals surface area contributed by atoms with Crippen molar-refractivity contribution in [2.24, 2.45) is 5.41 Å². The first-order valence-corrected chi connectivity index (χ1v) is 4.99. The second-order valence-corrected chi connectivity index (χ2v) is 5.17. The van der Waals surface area contributed by atoms with Gasteiger partial charge in [-0.3, -0.25) is 25.1 Å². The summed E-state index contributed by atoms with van der Waals surface area (Å²) < 4.78 is 0. The summed E-state index contributed by atoms with van der Waals surface area (Å²) in [4.78, 5) is 34.5. The van der Waals surface area contributed by atoms with E-state index in [0.717, 1.165) is 6.92 Å². The Kier molecular flexibility index (Phi) is 4.54. The van der Waals surface area contributed by atoms with Gasteiger partial charge in [0.15, 0.2) is 0 Å². The first kappa shape index (κ1) is 16.0. The highest BCUT2D eigenvalue weighted by Gasteiger charge is 2.56. The van der Waals surface area contributed by atoms with Gasteiger partial charge in [0.1, 0.15) is 0 Å². The Morgan fingerprint density at radius 3 is 1.72 bits per heavy atom. The fourth-order valence-electron chi connectivity index (χ4n) is 2.05. The summed E-state index contributed by atoms with van der Waals surface area (Å²) in [5.41, 5.74) is -3.17. The van der Waals surface area contributed by atoms with Gasteiger partial charge < -0.3 is 0 Å². The molecule has 18 heavy (non-hydrogen) atoms. The van der Waals surface area contributed by atoms with E-state index in [-0.39, 0.29) is 0 Å². The Morgan fingerprint density at radius 2 is 1.50 bits per heavy atom. The van der Waals surface area contributed by atoms with E-state index in [1.54, 1.807) is 0 Å². The molecule has 0 rings (SSSR count). The maximum absolute atomic E-state index is 11.0. The van der Waals surface area contributed by atoms with Gasteiger partial charge in [-0.2, -0.15) is 0 Å². The molecule has 10 heteroatoms. The predicted molar refractivity (Wildman–Crippen MR) is 58.6 cm³/mol. The molecular formula is C8H15N3O7. The van der Waals surface area contributed by atoms with Gasteiger partial charge in [0, 0.05) is 15.3 Å². The van der Waals surface area contributed by atoms with Crippen LogP contribution in [0.25, 0.3) is 0 Å². The zero-order valence-electron chi connectivity index (χ0n) is 10.5. The molecule has 0 aromatic heterocycles. The van der Waals surface area contributed by atoms with Crippen LogP contribution < -0.4 is 0 Å². The van der Waals surface area contributed by atoms with Crippen LogP contribution in [0.1, 0.15) is 27.7 Å². The van der Waals surface area contributed by atoms with Gasteiger partial charge in [0.05, 0.1) is 0 Å². The monoisotopic (exact) mass is 265 g/mol. The van der Waals surface area contributed by atoms with E-state index in [1.807, 2.05) is 0 Å². The fourth-order valence-corrected chi connectivity index (χ4v) is 2.05. The lowest BCUT2D eigenvalue weighted by atomic mass is 9.77. The summed E-state index contributed by atoms with van der Waals surface area (Å²) in [7, 11) is 0. The van der Waals surface area contributed by atoms with E-state index in [9.17, 15) is 30.3 Å². The van der Waals surface area contributed by atoms with Crippen LogP contribution in [-0.2, 0) is 4.84 Å². The molecule has 0 amide bonds. The molecule has 0 aliphatic rings. The van der Waals surface area contributed by atoms with Crippen LogP contribution in [0.4, 0.5) is 0 Å². The zero-order valence-corrected chi connectivity index (χ0v) is 10.5. The summed E-state index contributed by atoms with van der Waals surface area (Å²) >= 11 is 0. The van der Waals surface area contributed by atoms with Crippen LogP contribution in [0.3, 0.4) is 0 Å². The molecule has 2 atom stereocenters. The predicted octanol–water partition coefficient (Wildman–Crippen LogP) is 0.921. The summed E-state index contributed by atoms with van der Waals surface area (Å²) in [6.45, 7) is 4.35. The van der Waals surface area contributed by atoms with Crippen molar-refractivity contribution in [1.29, 1.82) is 0 Å². The number of nitrogens with zero attached hydrogens (tertiary/aromatic N) is 3. The van der Waals surface area contributed by atoms with Gasteiger partial charge in [-0.25, -0.2) is 0 Å². The second kappa shape index (κ2) is 5.10. The largest absolute Gasteiger partial charge is 0.295 e. The van der Waals surface area contributed by atoms with Crippen LogP contribution in [0.15, 0.2) is 0 Å². The van der Waals surface area contributed by atoms with Crippen LogP contribution in [0, 0.1) is 35.8 Å². The number of nitro groups is 2. The van der Waals surface area contributed by atoms with Gasteiger partial charge in [-0.1, -0.05) is 20.8 Å². The molecule has 0 N–H and O–H groups in total. The summed E-state index contributed by atoms with van der Waals surface area (Å²) in [6, 6.07) is -1.60. The minimum absolute atomic E-state index is 0.785. The molecule has 0 aliphatic carbocycles. The van der Waals surface area contributed by atoms with Crippen molar-refractivity contribution >= 4 is 0 Å². The summed E-state index contributed by atoms with van der Waals surface area (Å²) in [6.07, 6.45) is 0. The Labute approximate surface area is 102 Å². The third-order valence-electron chi connectivity index (χ3n) is 2.34. The van der Waals surface area contributed by atoms with Crippen LogP contribution >= 0.6 is 0 Å². The molecule has 0 fully saturated rings. The lowest BCUT2D eigenvalue weighted by Gasteiger charge is -2.33. The Bertz CT molecular complexity index is 346. The van der Waals surface area contributed by atoms with E-state index in [1.165, 1.54) is 20.8 Å². The molecule has 0 saturated carbocycles. The minimum atomic E-state index is -2.13. The van der Waals surface area contributed by atoms with Crippen LogP contribution in [-0.4, -0.2) is 33.1 Å². The van der Waals surface area contributed by atoms with E-state index in [2.05, 4.69) is 4.84 Å². The molecule has 0 saturated heterocycles. The van der Waals surface area contributed by atoms with E-state index in [0.29, 0.717) is 0 Å². The zero-order chi connectivity index (χ0) is 14.7. The van der Waals surface area contributed by atoms with Crippen molar-refractivity contribution in [2.75, 3.05) is 6.54 Å². The SMILES string of the molecule is CC(C)(C)C([N+](=O)[O-])C(C)(C[N+](=O)[O-])O[N+](=O)[O-]. The topological polar surface area (TPSA) is 139 Å². The van der Waals surface area contributed by atoms with Crippen molar-refractivity contribution in [3.63, 3.8) is 0 Å². The Hall–Kier alpha value is -2.00. The molecule has 0 aromatic rings. The minimum Gasteiger partial charge on any atom is -0.293 e. The molecule has 0 bridgehead atoms. The lowest BCUT2D eigenvalue weighted by Crippen LogP contribution is -2.58. The molecule has 0 aromatic carbocycles. The standard InChI is InChI=1S/C8H15N3O7/c1-7(2,3)6(10(14)15)8(4,5-9(12)13)18-11(16)17/h6H,5H2,1-4H3. The van der Waals surface area contributed by atoms with E-state index in [4.69, 9.17) is 0 Å². The average Bonchev–Trinajstić information content (AvgIpc) is 1.92. The van der Waals surface area contributed by atoms with Crippen molar-refractivity contribution in [1.82, 2.24) is 0 Å². The maximum Gasteiger partial charge on any atom is 0.295 e. The molecular weight excluding hydrogens is 250 g/mol. The fraction of sp³-hybridized carbons (Fsp3) is 1.00. The van der Waals surface area contributed by atoms with Gasteiger partial charge in [0.25, 0.3) is 11.1 Å². The molecule has 104 valence electrons. The van der Waals surface area contributed by atoms with Crippen molar-refractivity contribution < 1.29 is 19.8 Å². The van der Waals surface area contributed by atoms with E-state index < -0.39 is 38.5 Å². The second-order valence-electron chi connectivity index (χ2n) is 5.17. The van der Waals surface area contributed by atoms with Crippen molar-refractivity contribution in [3.8, 4) is 0 Å². The Morgan fingerprint density at radius 1 is 1.06 bits per heavy atom.